The summed E-state index contributed by atoms with van der Waals surface area (Å²) >= 11 is 0. The molecule has 0 aromatic heterocycles. The van der Waals surface area contributed by atoms with Gasteiger partial charge < -0.3 is 10.1 Å². The Morgan fingerprint density at radius 2 is 2.20 bits per heavy atom. The largest absolute Gasteiger partial charge is 0.457 e. The van der Waals surface area contributed by atoms with Gasteiger partial charge in [0.05, 0.1) is 12.7 Å². The molecule has 1 unspecified atom stereocenters. The van der Waals surface area contributed by atoms with Crippen LogP contribution in [0.1, 0.15) is 27.2 Å². The molecule has 0 radical (unpaired) electrons. The van der Waals surface area contributed by atoms with Crippen molar-refractivity contribution in [3.05, 3.63) is 0 Å². The van der Waals surface area contributed by atoms with Gasteiger partial charge in [-0.05, 0) is 20.9 Å². The Hall–Kier alpha value is -1.05. The van der Waals surface area contributed by atoms with E-state index in [9.17, 15) is 4.79 Å². The summed E-state index contributed by atoms with van der Waals surface area (Å²) in [6.07, 6.45) is 5.36. The summed E-state index contributed by atoms with van der Waals surface area (Å²) in [5.74, 6) is 2.26. The molecule has 0 spiro atoms. The van der Waals surface area contributed by atoms with Crippen LogP contribution in [0.3, 0.4) is 0 Å². The second-order valence-electron chi connectivity index (χ2n) is 3.74. The monoisotopic (exact) mass is 212 g/mol. The molecule has 0 amide bonds. The van der Waals surface area contributed by atoms with E-state index in [-0.39, 0.29) is 12.1 Å². The third kappa shape index (κ3) is 4.82. The topological polar surface area (TPSA) is 50.4 Å². The van der Waals surface area contributed by atoms with Crippen molar-refractivity contribution in [1.82, 2.24) is 10.6 Å². The van der Waals surface area contributed by atoms with Gasteiger partial charge in [-0.3, -0.25) is 10.1 Å². The summed E-state index contributed by atoms with van der Waals surface area (Å²) in [6, 6.07) is 0. The molecular weight excluding hydrogens is 192 g/mol. The smallest absolute Gasteiger partial charge is 0.306 e. The number of nitrogens with one attached hydrogen (secondary N) is 2. The summed E-state index contributed by atoms with van der Waals surface area (Å²) in [7, 11) is 1.79. The van der Waals surface area contributed by atoms with Crippen molar-refractivity contribution in [1.29, 1.82) is 0 Å². The molecule has 2 N–H and O–H groups in total. The summed E-state index contributed by atoms with van der Waals surface area (Å²) in [5, 5.41) is 6.09. The van der Waals surface area contributed by atoms with Crippen LogP contribution >= 0.6 is 0 Å². The van der Waals surface area contributed by atoms with Crippen LogP contribution in [0.15, 0.2) is 0 Å². The van der Waals surface area contributed by atoms with Gasteiger partial charge in [0.15, 0.2) is 0 Å². The Balaban J connectivity index is 4.37. The van der Waals surface area contributed by atoms with E-state index in [1.807, 2.05) is 13.8 Å². The second kappa shape index (κ2) is 6.44. The molecule has 4 nitrogen and oxygen atoms in total. The third-order valence-corrected chi connectivity index (χ3v) is 2.06. The highest BCUT2D eigenvalue weighted by molar-refractivity contribution is 5.69. The van der Waals surface area contributed by atoms with Crippen LogP contribution in [0.25, 0.3) is 0 Å². The third-order valence-electron chi connectivity index (χ3n) is 2.06. The second-order valence-corrected chi connectivity index (χ2v) is 3.74. The SMILES string of the molecule is C#CCNC(NC)C(C)(C)OC(=O)CC. The van der Waals surface area contributed by atoms with E-state index in [2.05, 4.69) is 16.6 Å². The predicted octanol–water partition coefficient (Wildman–Crippen LogP) is 0.486. The molecule has 0 aromatic carbocycles. The lowest BCUT2D eigenvalue weighted by molar-refractivity contribution is -0.159. The van der Waals surface area contributed by atoms with Crippen molar-refractivity contribution in [2.24, 2.45) is 0 Å². The van der Waals surface area contributed by atoms with E-state index >= 15 is 0 Å². The van der Waals surface area contributed by atoms with E-state index in [0.717, 1.165) is 0 Å². The number of hydrogen-bond acceptors (Lipinski definition) is 4. The fourth-order valence-corrected chi connectivity index (χ4v) is 1.28. The fraction of sp³-hybridized carbons (Fsp3) is 0.727. The maximum absolute atomic E-state index is 11.2. The van der Waals surface area contributed by atoms with E-state index < -0.39 is 5.60 Å². The lowest BCUT2D eigenvalue weighted by atomic mass is 10.1. The van der Waals surface area contributed by atoms with Gasteiger partial charge >= 0.3 is 5.97 Å². The molecule has 0 aliphatic carbocycles. The van der Waals surface area contributed by atoms with E-state index in [1.54, 1.807) is 14.0 Å². The molecule has 4 heteroatoms. The average molecular weight is 212 g/mol. The number of carbonyl (C=O) groups excluding carboxylic acids is 1. The molecular formula is C11H20N2O2. The number of esters is 1. The molecule has 0 fully saturated rings. The summed E-state index contributed by atoms with van der Waals surface area (Å²) < 4.78 is 5.30. The maximum Gasteiger partial charge on any atom is 0.306 e. The molecule has 0 rings (SSSR count). The standard InChI is InChI=1S/C11H20N2O2/c1-6-8-13-10(12-5)11(3,4)15-9(14)7-2/h1,10,12-13H,7-8H2,2-5H3. The minimum Gasteiger partial charge on any atom is -0.457 e. The lowest BCUT2D eigenvalue weighted by Gasteiger charge is -2.33. The number of likely N-dealkylation sites (N-methyl/N-ethyl adjacent to an activating group) is 1. The minimum atomic E-state index is -0.626. The zero-order valence-electron chi connectivity index (χ0n) is 9.89. The zero-order chi connectivity index (χ0) is 11.9. The van der Waals surface area contributed by atoms with Gasteiger partial charge in [0.2, 0.25) is 0 Å². The first-order valence-corrected chi connectivity index (χ1v) is 5.03. The molecule has 0 heterocycles. The first kappa shape index (κ1) is 13.9. The van der Waals surface area contributed by atoms with Crippen LogP contribution in [0.4, 0.5) is 0 Å². The quantitative estimate of drug-likeness (QED) is 0.382. The van der Waals surface area contributed by atoms with Crippen LogP contribution in [0.5, 0.6) is 0 Å². The number of rotatable bonds is 6. The normalized spacial score (nSPS) is 13.0. The molecule has 15 heavy (non-hydrogen) atoms. The first-order chi connectivity index (χ1) is 6.97. The molecule has 86 valence electrons. The number of terminal acetylenes is 1. The molecule has 0 saturated heterocycles. The number of ether oxygens (including phenoxy) is 1. The van der Waals surface area contributed by atoms with Gasteiger partial charge in [-0.1, -0.05) is 12.8 Å². The first-order valence-electron chi connectivity index (χ1n) is 5.03. The van der Waals surface area contributed by atoms with Gasteiger partial charge in [-0.15, -0.1) is 6.42 Å². The zero-order valence-corrected chi connectivity index (χ0v) is 9.89. The Labute approximate surface area is 91.8 Å². The Kier molecular flexibility index (Phi) is 5.99. The van der Waals surface area contributed by atoms with Gasteiger partial charge in [0.1, 0.15) is 5.60 Å². The highest BCUT2D eigenvalue weighted by Gasteiger charge is 2.31. The molecule has 0 saturated carbocycles. The van der Waals surface area contributed by atoms with Crippen molar-refractivity contribution in [2.75, 3.05) is 13.6 Å². The van der Waals surface area contributed by atoms with Gasteiger partial charge in [0, 0.05) is 6.42 Å². The highest BCUT2D eigenvalue weighted by atomic mass is 16.6. The van der Waals surface area contributed by atoms with E-state index in [4.69, 9.17) is 11.2 Å². The van der Waals surface area contributed by atoms with Gasteiger partial charge in [-0.2, -0.15) is 0 Å². The Morgan fingerprint density at radius 3 is 2.60 bits per heavy atom. The van der Waals surface area contributed by atoms with Gasteiger partial charge in [0.25, 0.3) is 0 Å². The maximum atomic E-state index is 11.2. The van der Waals surface area contributed by atoms with Crippen LogP contribution < -0.4 is 10.6 Å². The number of hydrogen-bond donors (Lipinski definition) is 2. The molecule has 0 bridgehead atoms. The molecule has 0 aliphatic heterocycles. The molecule has 0 aliphatic rings. The predicted molar refractivity (Wildman–Crippen MR) is 60.1 cm³/mol. The van der Waals surface area contributed by atoms with E-state index in [0.29, 0.717) is 13.0 Å². The van der Waals surface area contributed by atoms with Crippen molar-refractivity contribution >= 4 is 5.97 Å². The lowest BCUT2D eigenvalue weighted by Crippen LogP contribution is -2.56. The summed E-state index contributed by atoms with van der Waals surface area (Å²) in [4.78, 5) is 11.2. The Morgan fingerprint density at radius 1 is 1.60 bits per heavy atom. The van der Waals surface area contributed by atoms with Crippen LogP contribution in [-0.2, 0) is 9.53 Å². The average Bonchev–Trinajstić information content (AvgIpc) is 2.17. The molecule has 0 aromatic rings. The fourth-order valence-electron chi connectivity index (χ4n) is 1.28. The van der Waals surface area contributed by atoms with Crippen molar-refractivity contribution in [3.8, 4) is 12.3 Å². The minimum absolute atomic E-state index is 0.163. The summed E-state index contributed by atoms with van der Waals surface area (Å²) in [5.41, 5.74) is -0.626. The van der Waals surface area contributed by atoms with Crippen molar-refractivity contribution < 1.29 is 9.53 Å². The van der Waals surface area contributed by atoms with Crippen LogP contribution in [0.2, 0.25) is 0 Å². The van der Waals surface area contributed by atoms with Gasteiger partial charge in [-0.25, -0.2) is 0 Å². The molecule has 1 atom stereocenters. The highest BCUT2D eigenvalue weighted by Crippen LogP contribution is 2.14. The Bertz CT molecular complexity index is 243. The van der Waals surface area contributed by atoms with Crippen LogP contribution in [0, 0.1) is 12.3 Å². The number of carbonyl (C=O) groups is 1. The van der Waals surface area contributed by atoms with E-state index in [1.165, 1.54) is 0 Å². The van der Waals surface area contributed by atoms with Crippen LogP contribution in [-0.4, -0.2) is 31.3 Å². The van der Waals surface area contributed by atoms with Crippen molar-refractivity contribution in [2.45, 2.75) is 39.0 Å². The van der Waals surface area contributed by atoms with Crippen molar-refractivity contribution in [3.63, 3.8) is 0 Å². The summed E-state index contributed by atoms with van der Waals surface area (Å²) in [6.45, 7) is 5.87.